The molecule has 4 aromatic rings. The Morgan fingerprint density at radius 2 is 1.72 bits per heavy atom. The highest BCUT2D eigenvalue weighted by Gasteiger charge is 2.16. The minimum atomic E-state index is -0.478. The Morgan fingerprint density at radius 3 is 2.45 bits per heavy atom. The SMILES string of the molecule is Cn1c(-c2ccc(NC(=O)Cc3ccccc3[N+](=O)[O-])cc2)nc2ccccc21. The average molecular weight is 386 g/mol. The zero-order valence-electron chi connectivity index (χ0n) is 15.7. The van der Waals surface area contributed by atoms with Crippen LogP contribution in [-0.2, 0) is 18.3 Å². The van der Waals surface area contributed by atoms with Gasteiger partial charge in [0, 0.05) is 29.9 Å². The lowest BCUT2D eigenvalue weighted by molar-refractivity contribution is -0.385. The summed E-state index contributed by atoms with van der Waals surface area (Å²) in [6.07, 6.45) is -0.0658. The molecular weight excluding hydrogens is 368 g/mol. The van der Waals surface area contributed by atoms with Crippen molar-refractivity contribution in [2.45, 2.75) is 6.42 Å². The van der Waals surface area contributed by atoms with Crippen molar-refractivity contribution >= 4 is 28.3 Å². The number of rotatable bonds is 5. The summed E-state index contributed by atoms with van der Waals surface area (Å²) in [5.74, 6) is 0.527. The fraction of sp³-hybridized carbons (Fsp3) is 0.0909. The van der Waals surface area contributed by atoms with Crippen LogP contribution in [-0.4, -0.2) is 20.4 Å². The quantitative estimate of drug-likeness (QED) is 0.408. The summed E-state index contributed by atoms with van der Waals surface area (Å²) >= 11 is 0. The van der Waals surface area contributed by atoms with E-state index >= 15 is 0 Å². The highest BCUT2D eigenvalue weighted by Crippen LogP contribution is 2.25. The molecule has 0 unspecified atom stereocenters. The molecule has 0 atom stereocenters. The number of carbonyl (C=O) groups excluding carboxylic acids is 1. The molecule has 0 saturated carbocycles. The summed E-state index contributed by atoms with van der Waals surface area (Å²) < 4.78 is 2.03. The largest absolute Gasteiger partial charge is 0.327 e. The molecular formula is C22H18N4O3. The molecule has 0 spiro atoms. The second-order valence-electron chi connectivity index (χ2n) is 6.67. The first kappa shape index (κ1) is 18.4. The van der Waals surface area contributed by atoms with Crippen molar-refractivity contribution in [1.82, 2.24) is 9.55 Å². The molecule has 3 aromatic carbocycles. The van der Waals surface area contributed by atoms with Gasteiger partial charge in [-0.05, 0) is 36.4 Å². The van der Waals surface area contributed by atoms with Crippen molar-refractivity contribution in [3.05, 3.63) is 88.5 Å². The van der Waals surface area contributed by atoms with Crippen LogP contribution in [0, 0.1) is 10.1 Å². The lowest BCUT2D eigenvalue weighted by Crippen LogP contribution is -2.15. The second-order valence-corrected chi connectivity index (χ2v) is 6.67. The van der Waals surface area contributed by atoms with E-state index in [1.807, 2.05) is 48.0 Å². The number of nitrogens with zero attached hydrogens (tertiary/aromatic N) is 3. The van der Waals surface area contributed by atoms with Gasteiger partial charge in [0.2, 0.25) is 5.91 Å². The maximum absolute atomic E-state index is 12.3. The zero-order chi connectivity index (χ0) is 20.4. The summed E-state index contributed by atoms with van der Waals surface area (Å²) in [6, 6.07) is 21.5. The smallest absolute Gasteiger partial charge is 0.273 e. The maximum Gasteiger partial charge on any atom is 0.273 e. The van der Waals surface area contributed by atoms with E-state index in [1.54, 1.807) is 30.3 Å². The van der Waals surface area contributed by atoms with Gasteiger partial charge in [-0.3, -0.25) is 14.9 Å². The van der Waals surface area contributed by atoms with Crippen LogP contribution in [0.1, 0.15) is 5.56 Å². The van der Waals surface area contributed by atoms with Crippen LogP contribution >= 0.6 is 0 Å². The Morgan fingerprint density at radius 1 is 1.03 bits per heavy atom. The molecule has 1 amide bonds. The molecule has 0 bridgehead atoms. The topological polar surface area (TPSA) is 90.1 Å². The Labute approximate surface area is 166 Å². The molecule has 1 heterocycles. The minimum Gasteiger partial charge on any atom is -0.327 e. The van der Waals surface area contributed by atoms with Crippen LogP contribution in [0.5, 0.6) is 0 Å². The molecule has 29 heavy (non-hydrogen) atoms. The van der Waals surface area contributed by atoms with Crippen molar-refractivity contribution in [3.63, 3.8) is 0 Å². The van der Waals surface area contributed by atoms with Crippen LogP contribution in [0.4, 0.5) is 11.4 Å². The van der Waals surface area contributed by atoms with Gasteiger partial charge >= 0.3 is 0 Å². The Bertz CT molecular complexity index is 1210. The molecule has 7 heteroatoms. The average Bonchev–Trinajstić information content (AvgIpc) is 3.06. The van der Waals surface area contributed by atoms with Crippen molar-refractivity contribution in [2.24, 2.45) is 7.05 Å². The molecule has 0 saturated heterocycles. The van der Waals surface area contributed by atoms with Gasteiger partial charge in [0.1, 0.15) is 5.82 Å². The number of anilines is 1. The first-order valence-corrected chi connectivity index (χ1v) is 9.07. The highest BCUT2D eigenvalue weighted by molar-refractivity contribution is 5.93. The number of para-hydroxylation sites is 3. The van der Waals surface area contributed by atoms with Crippen LogP contribution in [0.2, 0.25) is 0 Å². The third kappa shape index (κ3) is 3.70. The van der Waals surface area contributed by atoms with Gasteiger partial charge in [0.15, 0.2) is 0 Å². The van der Waals surface area contributed by atoms with Crippen LogP contribution < -0.4 is 5.32 Å². The highest BCUT2D eigenvalue weighted by atomic mass is 16.6. The molecule has 0 radical (unpaired) electrons. The van der Waals surface area contributed by atoms with E-state index < -0.39 is 4.92 Å². The number of benzene rings is 3. The predicted octanol–water partition coefficient (Wildman–Crippen LogP) is 4.33. The standard InChI is InChI=1S/C22H18N4O3/c1-25-20-9-5-3-7-18(20)24-22(25)15-10-12-17(13-11-15)23-21(27)14-16-6-2-4-8-19(16)26(28)29/h2-13H,14H2,1H3,(H,23,27). The van der Waals surface area contributed by atoms with Crippen molar-refractivity contribution < 1.29 is 9.72 Å². The number of carbonyl (C=O) groups is 1. The van der Waals surface area contributed by atoms with E-state index in [0.717, 1.165) is 22.4 Å². The van der Waals surface area contributed by atoms with E-state index in [1.165, 1.54) is 6.07 Å². The number of nitro groups is 1. The zero-order valence-corrected chi connectivity index (χ0v) is 15.7. The van der Waals surface area contributed by atoms with E-state index in [9.17, 15) is 14.9 Å². The lowest BCUT2D eigenvalue weighted by Gasteiger charge is -2.07. The number of nitrogens with one attached hydrogen (secondary N) is 1. The summed E-state index contributed by atoms with van der Waals surface area (Å²) in [7, 11) is 1.97. The third-order valence-electron chi connectivity index (χ3n) is 4.75. The van der Waals surface area contributed by atoms with Gasteiger partial charge < -0.3 is 9.88 Å². The fourth-order valence-electron chi connectivity index (χ4n) is 3.32. The Hall–Kier alpha value is -4.00. The predicted molar refractivity (Wildman–Crippen MR) is 112 cm³/mol. The molecule has 0 fully saturated rings. The molecule has 1 N–H and O–H groups in total. The van der Waals surface area contributed by atoms with Crippen LogP contribution in [0.25, 0.3) is 22.4 Å². The molecule has 0 aliphatic carbocycles. The van der Waals surface area contributed by atoms with E-state index in [2.05, 4.69) is 10.3 Å². The van der Waals surface area contributed by atoms with Gasteiger partial charge in [0.25, 0.3) is 5.69 Å². The Balaban J connectivity index is 1.50. The van der Waals surface area contributed by atoms with Gasteiger partial charge in [-0.2, -0.15) is 0 Å². The number of amides is 1. The number of hydrogen-bond donors (Lipinski definition) is 1. The third-order valence-corrected chi connectivity index (χ3v) is 4.75. The van der Waals surface area contributed by atoms with Gasteiger partial charge in [-0.25, -0.2) is 4.98 Å². The normalized spacial score (nSPS) is 10.8. The molecule has 144 valence electrons. The number of fused-ring (bicyclic) bond motifs is 1. The monoisotopic (exact) mass is 386 g/mol. The molecule has 7 nitrogen and oxygen atoms in total. The molecule has 1 aromatic heterocycles. The maximum atomic E-state index is 12.3. The first-order chi connectivity index (χ1) is 14.0. The summed E-state index contributed by atoms with van der Waals surface area (Å²) in [6.45, 7) is 0. The first-order valence-electron chi connectivity index (χ1n) is 9.07. The number of hydrogen-bond acceptors (Lipinski definition) is 4. The number of nitro benzene ring substituents is 1. The second kappa shape index (κ2) is 7.55. The van der Waals surface area contributed by atoms with Crippen molar-refractivity contribution in [3.8, 4) is 11.4 Å². The van der Waals surface area contributed by atoms with Gasteiger partial charge in [-0.15, -0.1) is 0 Å². The van der Waals surface area contributed by atoms with E-state index in [-0.39, 0.29) is 18.0 Å². The number of imidazole rings is 1. The van der Waals surface area contributed by atoms with E-state index in [0.29, 0.717) is 11.3 Å². The summed E-state index contributed by atoms with van der Waals surface area (Å²) in [5.41, 5.74) is 3.85. The number of aromatic nitrogens is 2. The Kier molecular flexibility index (Phi) is 4.78. The molecule has 0 aliphatic heterocycles. The number of aryl methyl sites for hydroxylation is 1. The van der Waals surface area contributed by atoms with Crippen LogP contribution in [0.3, 0.4) is 0 Å². The summed E-state index contributed by atoms with van der Waals surface area (Å²) in [4.78, 5) is 27.6. The van der Waals surface area contributed by atoms with E-state index in [4.69, 9.17) is 0 Å². The minimum absolute atomic E-state index is 0.0557. The fourth-order valence-corrected chi connectivity index (χ4v) is 3.32. The van der Waals surface area contributed by atoms with Crippen molar-refractivity contribution in [2.75, 3.05) is 5.32 Å². The van der Waals surface area contributed by atoms with Gasteiger partial charge in [0.05, 0.1) is 22.4 Å². The lowest BCUT2D eigenvalue weighted by atomic mass is 10.1. The summed E-state index contributed by atoms with van der Waals surface area (Å²) in [5, 5.41) is 13.9. The molecule has 0 aliphatic rings. The molecule has 4 rings (SSSR count). The van der Waals surface area contributed by atoms with Crippen LogP contribution in [0.15, 0.2) is 72.8 Å². The van der Waals surface area contributed by atoms with Gasteiger partial charge in [-0.1, -0.05) is 30.3 Å². The van der Waals surface area contributed by atoms with Crippen molar-refractivity contribution in [1.29, 1.82) is 0 Å².